The Morgan fingerprint density at radius 3 is 2.20 bits per heavy atom. The van der Waals surface area contributed by atoms with Crippen LogP contribution in [0.25, 0.3) is 0 Å². The third-order valence-corrected chi connectivity index (χ3v) is 4.88. The molecule has 2 amide bonds. The number of rotatable bonds is 7. The number of hydrogen-bond acceptors (Lipinski definition) is 7. The summed E-state index contributed by atoms with van der Waals surface area (Å²) >= 11 is 5.77. The van der Waals surface area contributed by atoms with Crippen LogP contribution in [0.3, 0.4) is 0 Å². The van der Waals surface area contributed by atoms with Crippen molar-refractivity contribution in [2.75, 3.05) is 6.61 Å². The Morgan fingerprint density at radius 1 is 0.914 bits per heavy atom. The number of ketones is 1. The topological polar surface area (TPSA) is 145 Å². The first-order valence-corrected chi connectivity index (χ1v) is 10.2. The third-order valence-electron chi connectivity index (χ3n) is 4.56. The molecule has 2 N–H and O–H groups in total. The van der Waals surface area contributed by atoms with Gasteiger partial charge in [-0.3, -0.25) is 35.3 Å². The molecule has 0 atom stereocenters. The molecule has 10 nitrogen and oxygen atoms in total. The van der Waals surface area contributed by atoms with E-state index in [1.165, 1.54) is 54.6 Å². The fraction of sp³-hybridized carbons (Fsp3) is 0.0435. The quantitative estimate of drug-likeness (QED) is 0.220. The van der Waals surface area contributed by atoms with E-state index in [-0.39, 0.29) is 27.3 Å². The Bertz CT molecular complexity index is 1350. The van der Waals surface area contributed by atoms with E-state index in [4.69, 9.17) is 16.3 Å². The first kappa shape index (κ1) is 25.0. The maximum absolute atomic E-state index is 13.6. The summed E-state index contributed by atoms with van der Waals surface area (Å²) in [5.41, 5.74) is 2.77. The van der Waals surface area contributed by atoms with Crippen molar-refractivity contribution < 1.29 is 33.2 Å². The van der Waals surface area contributed by atoms with Crippen LogP contribution >= 0.6 is 11.6 Å². The van der Waals surface area contributed by atoms with Gasteiger partial charge in [-0.25, -0.2) is 9.18 Å². The second-order valence-corrected chi connectivity index (χ2v) is 7.26. The molecule has 3 aromatic carbocycles. The van der Waals surface area contributed by atoms with Crippen molar-refractivity contribution in [1.29, 1.82) is 0 Å². The van der Waals surface area contributed by atoms with Crippen molar-refractivity contribution in [3.63, 3.8) is 0 Å². The molecule has 0 aliphatic rings. The van der Waals surface area contributed by atoms with Crippen molar-refractivity contribution in [1.82, 2.24) is 10.9 Å². The standard InChI is InChI=1S/C23H15ClFN3O7/c24-17-10-9-13(11-19(17)28(33)34)21(30)14-5-1-2-6-15(14)23(32)35-12-20(29)26-27-22(31)16-7-3-4-8-18(16)25/h1-11H,12H2,(H,26,29)(H,27,31). The average Bonchev–Trinajstić information content (AvgIpc) is 2.85. The third kappa shape index (κ3) is 6.03. The normalized spacial score (nSPS) is 10.2. The van der Waals surface area contributed by atoms with E-state index >= 15 is 0 Å². The molecule has 0 saturated heterocycles. The van der Waals surface area contributed by atoms with Gasteiger partial charge in [0.15, 0.2) is 12.4 Å². The smallest absolute Gasteiger partial charge is 0.339 e. The SMILES string of the molecule is O=C(COC(=O)c1ccccc1C(=O)c1ccc(Cl)c([N+](=O)[O-])c1)NNC(=O)c1ccccc1F. The van der Waals surface area contributed by atoms with Crippen LogP contribution < -0.4 is 10.9 Å². The Kier molecular flexibility index (Phi) is 7.85. The van der Waals surface area contributed by atoms with Gasteiger partial charge in [0.25, 0.3) is 17.5 Å². The summed E-state index contributed by atoms with van der Waals surface area (Å²) in [6.07, 6.45) is 0. The summed E-state index contributed by atoms with van der Waals surface area (Å²) in [7, 11) is 0. The van der Waals surface area contributed by atoms with E-state index in [9.17, 15) is 33.7 Å². The zero-order chi connectivity index (χ0) is 25.5. The second-order valence-electron chi connectivity index (χ2n) is 6.86. The fourth-order valence-corrected chi connectivity index (χ4v) is 3.08. The molecule has 0 spiro atoms. The highest BCUT2D eigenvalue weighted by Gasteiger charge is 2.23. The second kappa shape index (κ2) is 11.0. The number of nitrogens with one attached hydrogen (secondary N) is 2. The lowest BCUT2D eigenvalue weighted by Gasteiger charge is -2.10. The number of halogens is 2. The monoisotopic (exact) mass is 499 g/mol. The Morgan fingerprint density at radius 2 is 1.54 bits per heavy atom. The van der Waals surface area contributed by atoms with Crippen molar-refractivity contribution >= 4 is 40.9 Å². The number of amides is 2. The Balaban J connectivity index is 1.66. The average molecular weight is 500 g/mol. The van der Waals surface area contributed by atoms with Crippen LogP contribution in [0, 0.1) is 15.9 Å². The lowest BCUT2D eigenvalue weighted by molar-refractivity contribution is -0.384. The molecule has 178 valence electrons. The van der Waals surface area contributed by atoms with E-state index in [0.29, 0.717) is 0 Å². The number of carbonyl (C=O) groups excluding carboxylic acids is 4. The number of nitro groups is 1. The lowest BCUT2D eigenvalue weighted by atomic mass is 9.98. The van der Waals surface area contributed by atoms with Crippen LogP contribution in [0.5, 0.6) is 0 Å². The summed E-state index contributed by atoms with van der Waals surface area (Å²) < 4.78 is 18.5. The summed E-state index contributed by atoms with van der Waals surface area (Å²) in [4.78, 5) is 59.6. The van der Waals surface area contributed by atoms with Crippen molar-refractivity contribution in [2.45, 2.75) is 0 Å². The molecule has 0 aromatic heterocycles. The molecular formula is C23H15ClFN3O7. The highest BCUT2D eigenvalue weighted by molar-refractivity contribution is 6.33. The molecule has 35 heavy (non-hydrogen) atoms. The molecule has 0 unspecified atom stereocenters. The van der Waals surface area contributed by atoms with Crippen molar-refractivity contribution in [3.8, 4) is 0 Å². The molecule has 0 bridgehead atoms. The van der Waals surface area contributed by atoms with Gasteiger partial charge in [0.05, 0.1) is 16.1 Å². The summed E-state index contributed by atoms with van der Waals surface area (Å²) in [6.45, 7) is -0.828. The zero-order valence-electron chi connectivity index (χ0n) is 17.6. The predicted octanol–water partition coefficient (Wildman–Crippen LogP) is 3.24. The number of ether oxygens (including phenoxy) is 1. The number of carbonyl (C=O) groups is 4. The number of esters is 1. The maximum Gasteiger partial charge on any atom is 0.339 e. The van der Waals surface area contributed by atoms with E-state index in [0.717, 1.165) is 12.1 Å². The molecule has 3 aromatic rings. The Hall–Kier alpha value is -4.64. The van der Waals surface area contributed by atoms with Crippen LogP contribution in [-0.2, 0) is 9.53 Å². The number of nitrogens with zero attached hydrogens (tertiary/aromatic N) is 1. The molecule has 0 radical (unpaired) electrons. The van der Waals surface area contributed by atoms with E-state index in [1.54, 1.807) is 0 Å². The molecule has 12 heteroatoms. The molecule has 0 aliphatic carbocycles. The molecule has 3 rings (SSSR count). The molecule has 0 fully saturated rings. The van der Waals surface area contributed by atoms with Gasteiger partial charge in [0, 0.05) is 17.2 Å². The van der Waals surface area contributed by atoms with E-state index < -0.39 is 46.6 Å². The van der Waals surface area contributed by atoms with Gasteiger partial charge < -0.3 is 4.74 Å². The maximum atomic E-state index is 13.6. The minimum Gasteiger partial charge on any atom is -0.452 e. The highest BCUT2D eigenvalue weighted by atomic mass is 35.5. The van der Waals surface area contributed by atoms with E-state index in [1.807, 2.05) is 10.9 Å². The molecule has 0 aliphatic heterocycles. The van der Waals surface area contributed by atoms with Crippen molar-refractivity contribution in [2.24, 2.45) is 0 Å². The van der Waals surface area contributed by atoms with Crippen LogP contribution in [-0.4, -0.2) is 35.1 Å². The van der Waals surface area contributed by atoms with Crippen LogP contribution in [0.1, 0.15) is 36.6 Å². The minimum absolute atomic E-state index is 0.0880. The first-order chi connectivity index (χ1) is 16.7. The summed E-state index contributed by atoms with van der Waals surface area (Å²) in [5, 5.41) is 10.9. The van der Waals surface area contributed by atoms with Gasteiger partial charge in [-0.15, -0.1) is 0 Å². The molecule has 0 heterocycles. The predicted molar refractivity (Wildman–Crippen MR) is 120 cm³/mol. The number of hydrogen-bond donors (Lipinski definition) is 2. The zero-order valence-corrected chi connectivity index (χ0v) is 18.4. The van der Waals surface area contributed by atoms with Crippen molar-refractivity contribution in [3.05, 3.63) is 110 Å². The van der Waals surface area contributed by atoms with Gasteiger partial charge in [-0.2, -0.15) is 0 Å². The largest absolute Gasteiger partial charge is 0.452 e. The molecule has 0 saturated carbocycles. The van der Waals surface area contributed by atoms with Crippen LogP contribution in [0.2, 0.25) is 5.02 Å². The summed E-state index contributed by atoms with van der Waals surface area (Å²) in [5.74, 6) is -4.39. The van der Waals surface area contributed by atoms with E-state index in [2.05, 4.69) is 0 Å². The summed E-state index contributed by atoms with van der Waals surface area (Å²) in [6, 6.07) is 14.1. The van der Waals surface area contributed by atoms with Gasteiger partial charge in [-0.1, -0.05) is 41.9 Å². The first-order valence-electron chi connectivity index (χ1n) is 9.77. The number of nitro benzene ring substituents is 1. The minimum atomic E-state index is -1.03. The number of benzene rings is 3. The fourth-order valence-electron chi connectivity index (χ4n) is 2.89. The highest BCUT2D eigenvalue weighted by Crippen LogP contribution is 2.27. The Labute approximate surface area is 201 Å². The van der Waals surface area contributed by atoms with Gasteiger partial charge in [-0.05, 0) is 30.3 Å². The number of hydrazine groups is 1. The lowest BCUT2D eigenvalue weighted by Crippen LogP contribution is -2.43. The van der Waals surface area contributed by atoms with Crippen LogP contribution in [0.4, 0.5) is 10.1 Å². The van der Waals surface area contributed by atoms with Crippen LogP contribution in [0.15, 0.2) is 66.7 Å². The van der Waals surface area contributed by atoms with Gasteiger partial charge in [0.1, 0.15) is 10.8 Å². The molecular weight excluding hydrogens is 485 g/mol. The van der Waals surface area contributed by atoms with Gasteiger partial charge >= 0.3 is 5.97 Å². The van der Waals surface area contributed by atoms with Gasteiger partial charge in [0.2, 0.25) is 0 Å².